The number of hydrogen-bond acceptors (Lipinski definition) is 4. The third-order valence-electron chi connectivity index (χ3n) is 3.48. The van der Waals surface area contributed by atoms with Crippen molar-refractivity contribution in [3.05, 3.63) is 71.7 Å². The topological polar surface area (TPSA) is 60.2 Å². The summed E-state index contributed by atoms with van der Waals surface area (Å²) < 4.78 is 7.65. The Balaban J connectivity index is 1.73. The quantitative estimate of drug-likeness (QED) is 0.760. The van der Waals surface area contributed by atoms with Crippen LogP contribution in [-0.2, 0) is 13.0 Å². The van der Waals surface area contributed by atoms with Crippen molar-refractivity contribution >= 4 is 0 Å². The van der Waals surface area contributed by atoms with E-state index < -0.39 is 0 Å². The standard InChI is InChI=1S/C18H19N3O2/c1-14-12-16(21(20-14)18-4-2-3-10-19-18)13-23-17-7-5-15(6-8-17)9-11-22/h2-8,10,12,22H,9,11,13H2,1H3. The number of aryl methyl sites for hydroxylation is 1. The minimum atomic E-state index is 0.155. The van der Waals surface area contributed by atoms with Crippen LogP contribution in [0, 0.1) is 6.92 Å². The molecular formula is C18H19N3O2. The Kier molecular flexibility index (Phi) is 4.68. The largest absolute Gasteiger partial charge is 0.487 e. The summed E-state index contributed by atoms with van der Waals surface area (Å²) in [6.07, 6.45) is 2.41. The van der Waals surface area contributed by atoms with Crippen molar-refractivity contribution in [3.8, 4) is 11.6 Å². The maximum atomic E-state index is 8.94. The normalized spacial score (nSPS) is 10.7. The maximum absolute atomic E-state index is 8.94. The van der Waals surface area contributed by atoms with Gasteiger partial charge in [-0.15, -0.1) is 0 Å². The second kappa shape index (κ2) is 7.07. The Morgan fingerprint density at radius 2 is 1.96 bits per heavy atom. The molecule has 0 aliphatic carbocycles. The van der Waals surface area contributed by atoms with Crippen LogP contribution in [0.5, 0.6) is 5.75 Å². The first-order valence-electron chi connectivity index (χ1n) is 7.56. The number of benzene rings is 1. The summed E-state index contributed by atoms with van der Waals surface area (Å²) in [5.41, 5.74) is 2.96. The van der Waals surface area contributed by atoms with Gasteiger partial charge in [-0.2, -0.15) is 5.10 Å². The van der Waals surface area contributed by atoms with E-state index in [0.717, 1.165) is 28.5 Å². The molecule has 5 nitrogen and oxygen atoms in total. The fourth-order valence-corrected chi connectivity index (χ4v) is 2.37. The SMILES string of the molecule is Cc1cc(COc2ccc(CCO)cc2)n(-c2ccccn2)n1. The van der Waals surface area contributed by atoms with Gasteiger partial charge in [0.15, 0.2) is 5.82 Å². The summed E-state index contributed by atoms with van der Waals surface area (Å²) in [6.45, 7) is 2.52. The van der Waals surface area contributed by atoms with Crippen molar-refractivity contribution in [2.45, 2.75) is 20.0 Å². The van der Waals surface area contributed by atoms with Crippen molar-refractivity contribution < 1.29 is 9.84 Å². The third-order valence-corrected chi connectivity index (χ3v) is 3.48. The summed E-state index contributed by atoms with van der Waals surface area (Å²) in [6, 6.07) is 15.5. The van der Waals surface area contributed by atoms with E-state index in [-0.39, 0.29) is 6.61 Å². The van der Waals surface area contributed by atoms with Gasteiger partial charge in [-0.1, -0.05) is 18.2 Å². The average molecular weight is 309 g/mol. The van der Waals surface area contributed by atoms with E-state index in [4.69, 9.17) is 9.84 Å². The first-order chi connectivity index (χ1) is 11.3. The molecule has 0 saturated heterocycles. The van der Waals surface area contributed by atoms with Crippen LogP contribution in [0.2, 0.25) is 0 Å². The first-order valence-corrected chi connectivity index (χ1v) is 7.56. The van der Waals surface area contributed by atoms with E-state index in [1.807, 2.05) is 55.5 Å². The number of ether oxygens (including phenoxy) is 1. The Hall–Kier alpha value is -2.66. The molecule has 0 radical (unpaired) electrons. The Morgan fingerprint density at radius 3 is 2.65 bits per heavy atom. The van der Waals surface area contributed by atoms with Gasteiger partial charge in [-0.25, -0.2) is 9.67 Å². The molecule has 0 fully saturated rings. The van der Waals surface area contributed by atoms with Gasteiger partial charge < -0.3 is 9.84 Å². The smallest absolute Gasteiger partial charge is 0.153 e. The van der Waals surface area contributed by atoms with E-state index in [9.17, 15) is 0 Å². The van der Waals surface area contributed by atoms with Gasteiger partial charge in [-0.05, 0) is 49.2 Å². The van der Waals surface area contributed by atoms with Crippen LogP contribution in [-0.4, -0.2) is 26.5 Å². The highest BCUT2D eigenvalue weighted by Crippen LogP contribution is 2.16. The molecule has 0 unspecified atom stereocenters. The number of aromatic nitrogens is 3. The molecule has 0 aliphatic rings. The minimum Gasteiger partial charge on any atom is -0.487 e. The zero-order valence-electron chi connectivity index (χ0n) is 13.0. The molecule has 0 atom stereocenters. The predicted molar refractivity (Wildman–Crippen MR) is 87.7 cm³/mol. The number of aliphatic hydroxyl groups excluding tert-OH is 1. The van der Waals surface area contributed by atoms with Crippen LogP contribution in [0.25, 0.3) is 5.82 Å². The van der Waals surface area contributed by atoms with Crippen molar-refractivity contribution in [2.75, 3.05) is 6.61 Å². The molecule has 23 heavy (non-hydrogen) atoms. The van der Waals surface area contributed by atoms with E-state index in [1.54, 1.807) is 10.9 Å². The van der Waals surface area contributed by atoms with Gasteiger partial charge in [0.05, 0.1) is 11.4 Å². The highest BCUT2D eigenvalue weighted by Gasteiger charge is 2.09. The van der Waals surface area contributed by atoms with Crippen LogP contribution in [0.3, 0.4) is 0 Å². The van der Waals surface area contributed by atoms with E-state index >= 15 is 0 Å². The summed E-state index contributed by atoms with van der Waals surface area (Å²) in [7, 11) is 0. The van der Waals surface area contributed by atoms with E-state index in [0.29, 0.717) is 13.0 Å². The predicted octanol–water partition coefficient (Wildman–Crippen LogP) is 2.69. The maximum Gasteiger partial charge on any atom is 0.153 e. The third kappa shape index (κ3) is 3.76. The van der Waals surface area contributed by atoms with E-state index in [1.165, 1.54) is 0 Å². The van der Waals surface area contributed by atoms with Crippen molar-refractivity contribution in [1.29, 1.82) is 0 Å². The highest BCUT2D eigenvalue weighted by atomic mass is 16.5. The van der Waals surface area contributed by atoms with Crippen LogP contribution in [0.1, 0.15) is 17.0 Å². The molecule has 3 rings (SSSR count). The Labute approximate surface area is 135 Å². The monoisotopic (exact) mass is 309 g/mol. The lowest BCUT2D eigenvalue weighted by molar-refractivity contribution is 0.295. The van der Waals surface area contributed by atoms with Gasteiger partial charge >= 0.3 is 0 Å². The summed E-state index contributed by atoms with van der Waals surface area (Å²) in [4.78, 5) is 4.33. The number of pyridine rings is 1. The van der Waals surface area contributed by atoms with Crippen molar-refractivity contribution in [3.63, 3.8) is 0 Å². The lowest BCUT2D eigenvalue weighted by Gasteiger charge is -2.09. The molecule has 1 aromatic carbocycles. The molecule has 3 aromatic rings. The molecule has 0 spiro atoms. The second-order valence-electron chi connectivity index (χ2n) is 5.28. The Bertz CT molecular complexity index is 752. The fourth-order valence-electron chi connectivity index (χ4n) is 2.37. The van der Waals surface area contributed by atoms with Crippen molar-refractivity contribution in [2.24, 2.45) is 0 Å². The van der Waals surface area contributed by atoms with Gasteiger partial charge in [-0.3, -0.25) is 0 Å². The number of rotatable bonds is 6. The summed E-state index contributed by atoms with van der Waals surface area (Å²) >= 11 is 0. The second-order valence-corrected chi connectivity index (χ2v) is 5.28. The molecular weight excluding hydrogens is 290 g/mol. The summed E-state index contributed by atoms with van der Waals surface area (Å²) in [5.74, 6) is 1.57. The van der Waals surface area contributed by atoms with Crippen molar-refractivity contribution in [1.82, 2.24) is 14.8 Å². The van der Waals surface area contributed by atoms with Crippen LogP contribution < -0.4 is 4.74 Å². The number of nitrogens with zero attached hydrogens (tertiary/aromatic N) is 3. The van der Waals surface area contributed by atoms with Gasteiger partial charge in [0.2, 0.25) is 0 Å². The lowest BCUT2D eigenvalue weighted by atomic mass is 10.1. The fraction of sp³-hybridized carbons (Fsp3) is 0.222. The van der Waals surface area contributed by atoms with Crippen LogP contribution in [0.15, 0.2) is 54.7 Å². The average Bonchev–Trinajstić information content (AvgIpc) is 2.96. The van der Waals surface area contributed by atoms with Crippen LogP contribution >= 0.6 is 0 Å². The first kappa shape index (κ1) is 15.2. The highest BCUT2D eigenvalue weighted by molar-refractivity contribution is 5.29. The summed E-state index contributed by atoms with van der Waals surface area (Å²) in [5, 5.41) is 13.4. The zero-order valence-corrected chi connectivity index (χ0v) is 13.0. The molecule has 0 saturated carbocycles. The zero-order chi connectivity index (χ0) is 16.1. The van der Waals surface area contributed by atoms with Crippen LogP contribution in [0.4, 0.5) is 0 Å². The van der Waals surface area contributed by atoms with Gasteiger partial charge in [0, 0.05) is 12.8 Å². The number of aliphatic hydroxyl groups is 1. The molecule has 0 bridgehead atoms. The lowest BCUT2D eigenvalue weighted by Crippen LogP contribution is -2.07. The van der Waals surface area contributed by atoms with Gasteiger partial charge in [0.25, 0.3) is 0 Å². The van der Waals surface area contributed by atoms with Gasteiger partial charge in [0.1, 0.15) is 12.4 Å². The minimum absolute atomic E-state index is 0.155. The molecule has 0 aliphatic heterocycles. The molecule has 5 heteroatoms. The Morgan fingerprint density at radius 1 is 1.13 bits per heavy atom. The molecule has 0 amide bonds. The molecule has 118 valence electrons. The molecule has 2 aromatic heterocycles. The molecule has 2 heterocycles. The van der Waals surface area contributed by atoms with E-state index in [2.05, 4.69) is 10.1 Å². The molecule has 1 N–H and O–H groups in total. The number of hydrogen-bond donors (Lipinski definition) is 1.